The van der Waals surface area contributed by atoms with Crippen LogP contribution in [0.3, 0.4) is 0 Å². The predicted octanol–water partition coefficient (Wildman–Crippen LogP) is 0.455. The zero-order valence-electron chi connectivity index (χ0n) is 6.38. The summed E-state index contributed by atoms with van der Waals surface area (Å²) in [6.45, 7) is 0. The smallest absolute Gasteiger partial charge is 0.00556 e. The lowest BCUT2D eigenvalue weighted by molar-refractivity contribution is 0.503. The minimum atomic E-state index is 0.847. The first-order valence-corrected chi connectivity index (χ1v) is 3.17. The lowest BCUT2D eigenvalue weighted by Crippen LogP contribution is -2.13. The summed E-state index contributed by atoms with van der Waals surface area (Å²) in [4.78, 5) is 3.83. The van der Waals surface area contributed by atoms with Crippen molar-refractivity contribution in [2.24, 2.45) is 0 Å². The molecule has 54 valence electrons. The van der Waals surface area contributed by atoms with Crippen molar-refractivity contribution >= 4 is 12.6 Å². The van der Waals surface area contributed by atoms with Crippen molar-refractivity contribution in [2.45, 2.75) is 0 Å². The van der Waals surface area contributed by atoms with Crippen molar-refractivity contribution in [3.05, 3.63) is 11.2 Å². The van der Waals surface area contributed by atoms with E-state index in [2.05, 4.69) is 0 Å². The first-order chi connectivity index (χ1) is 4.04. The fraction of sp³-hybridized carbons (Fsp3) is 0.667. The molecule has 0 atom stereocenters. The summed E-state index contributed by atoms with van der Waals surface area (Å²) in [5.41, 5.74) is 0. The summed E-state index contributed by atoms with van der Waals surface area (Å²) >= 11 is 4.98. The Hall–Kier alpha value is -0.440. The highest BCUT2D eigenvalue weighted by atomic mass is 32.1. The SMILES string of the molecule is CN(C)/C=C(/[S-])N(C)C. The maximum atomic E-state index is 4.98. The van der Waals surface area contributed by atoms with Crippen molar-refractivity contribution < 1.29 is 0 Å². The standard InChI is InChI=1S/C6H14N2S/c1-7(2)5-6(9)8(3)4/h5,9H,1-4H3/p-1/b6-5+. The minimum absolute atomic E-state index is 0.847. The van der Waals surface area contributed by atoms with Gasteiger partial charge in [-0.3, -0.25) is 0 Å². The molecule has 0 spiro atoms. The third-order valence-corrected chi connectivity index (χ3v) is 1.28. The molecule has 0 heterocycles. The van der Waals surface area contributed by atoms with E-state index in [0.717, 1.165) is 5.03 Å². The Morgan fingerprint density at radius 2 is 1.67 bits per heavy atom. The van der Waals surface area contributed by atoms with Gasteiger partial charge >= 0.3 is 0 Å². The van der Waals surface area contributed by atoms with Gasteiger partial charge in [0.05, 0.1) is 0 Å². The average molecular weight is 145 g/mol. The van der Waals surface area contributed by atoms with Crippen molar-refractivity contribution in [1.29, 1.82) is 0 Å². The number of rotatable bonds is 2. The van der Waals surface area contributed by atoms with Crippen LogP contribution in [0.15, 0.2) is 11.2 Å². The van der Waals surface area contributed by atoms with Crippen molar-refractivity contribution in [3.63, 3.8) is 0 Å². The molecule has 0 saturated heterocycles. The van der Waals surface area contributed by atoms with E-state index in [4.69, 9.17) is 12.6 Å². The average Bonchev–Trinajstić information content (AvgIpc) is 1.63. The van der Waals surface area contributed by atoms with E-state index in [0.29, 0.717) is 0 Å². The zero-order valence-corrected chi connectivity index (χ0v) is 7.20. The second-order valence-electron chi connectivity index (χ2n) is 2.33. The van der Waals surface area contributed by atoms with E-state index in [-0.39, 0.29) is 0 Å². The molecule has 0 unspecified atom stereocenters. The van der Waals surface area contributed by atoms with Crippen molar-refractivity contribution in [3.8, 4) is 0 Å². The lowest BCUT2D eigenvalue weighted by Gasteiger charge is -2.24. The lowest BCUT2D eigenvalue weighted by atomic mass is 10.7. The van der Waals surface area contributed by atoms with Gasteiger partial charge in [0.2, 0.25) is 0 Å². The first kappa shape index (κ1) is 8.56. The Bertz CT molecular complexity index is 108. The van der Waals surface area contributed by atoms with Gasteiger partial charge in [-0.15, -0.1) is 0 Å². The summed E-state index contributed by atoms with van der Waals surface area (Å²) in [7, 11) is 7.77. The van der Waals surface area contributed by atoms with Crippen LogP contribution in [0.2, 0.25) is 0 Å². The van der Waals surface area contributed by atoms with Crippen LogP contribution in [-0.4, -0.2) is 38.0 Å². The molecule has 9 heavy (non-hydrogen) atoms. The zero-order chi connectivity index (χ0) is 7.44. The molecule has 0 rings (SSSR count). The summed E-state index contributed by atoms with van der Waals surface area (Å²) in [6, 6.07) is 0. The third kappa shape index (κ3) is 4.09. The summed E-state index contributed by atoms with van der Waals surface area (Å²) < 4.78 is 0. The monoisotopic (exact) mass is 145 g/mol. The van der Waals surface area contributed by atoms with E-state index in [1.54, 1.807) is 0 Å². The quantitative estimate of drug-likeness (QED) is 0.521. The van der Waals surface area contributed by atoms with E-state index in [9.17, 15) is 0 Å². The molecule has 0 aromatic carbocycles. The summed E-state index contributed by atoms with van der Waals surface area (Å²) in [5.74, 6) is 0. The Morgan fingerprint density at radius 3 is 1.78 bits per heavy atom. The Morgan fingerprint density at radius 1 is 1.22 bits per heavy atom. The molecule has 2 nitrogen and oxygen atoms in total. The Labute approximate surface area is 62.5 Å². The molecule has 0 aliphatic carbocycles. The Kier molecular flexibility index (Phi) is 3.39. The van der Waals surface area contributed by atoms with Gasteiger partial charge in [0, 0.05) is 28.2 Å². The van der Waals surface area contributed by atoms with Gasteiger partial charge in [0.1, 0.15) is 0 Å². The molecule has 0 radical (unpaired) electrons. The molecule has 0 saturated carbocycles. The molecule has 0 amide bonds. The molecule has 0 aromatic rings. The van der Waals surface area contributed by atoms with Crippen LogP contribution in [0.5, 0.6) is 0 Å². The van der Waals surface area contributed by atoms with Gasteiger partial charge in [-0.2, -0.15) is 0 Å². The Balaban J connectivity index is 3.84. The van der Waals surface area contributed by atoms with Gasteiger partial charge in [-0.1, -0.05) is 5.03 Å². The molecule has 0 aliphatic heterocycles. The number of hydrogen-bond acceptors (Lipinski definition) is 3. The fourth-order valence-corrected chi connectivity index (χ4v) is 0.547. The maximum Gasteiger partial charge on any atom is 0.00556 e. The summed E-state index contributed by atoms with van der Waals surface area (Å²) in [5, 5.41) is 0.847. The summed E-state index contributed by atoms with van der Waals surface area (Å²) in [6.07, 6.45) is 1.90. The predicted molar refractivity (Wildman–Crippen MR) is 42.8 cm³/mol. The molecular weight excluding hydrogens is 132 g/mol. The third-order valence-electron chi connectivity index (χ3n) is 0.809. The van der Waals surface area contributed by atoms with E-state index < -0.39 is 0 Å². The van der Waals surface area contributed by atoms with Crippen LogP contribution in [0, 0.1) is 0 Å². The molecule has 3 heteroatoms. The number of hydrogen-bond donors (Lipinski definition) is 0. The topological polar surface area (TPSA) is 6.48 Å². The van der Waals surface area contributed by atoms with E-state index >= 15 is 0 Å². The van der Waals surface area contributed by atoms with Crippen molar-refractivity contribution in [2.75, 3.05) is 28.2 Å². The molecular formula is C6H13N2S-. The molecule has 0 aromatic heterocycles. The van der Waals surface area contributed by atoms with Gasteiger partial charge in [0.25, 0.3) is 0 Å². The van der Waals surface area contributed by atoms with Gasteiger partial charge in [-0.05, 0) is 6.20 Å². The minimum Gasteiger partial charge on any atom is -0.761 e. The highest BCUT2D eigenvalue weighted by molar-refractivity contribution is 7.63. The van der Waals surface area contributed by atoms with Gasteiger partial charge in [0.15, 0.2) is 0 Å². The van der Waals surface area contributed by atoms with Gasteiger partial charge in [-0.25, -0.2) is 0 Å². The van der Waals surface area contributed by atoms with Crippen LogP contribution in [-0.2, 0) is 12.6 Å². The van der Waals surface area contributed by atoms with Crippen LogP contribution in [0.1, 0.15) is 0 Å². The molecule has 0 N–H and O–H groups in total. The molecule has 0 fully saturated rings. The van der Waals surface area contributed by atoms with Gasteiger partial charge < -0.3 is 22.4 Å². The normalized spacial score (nSPS) is 11.3. The fourth-order valence-electron chi connectivity index (χ4n) is 0.336. The second-order valence-corrected chi connectivity index (χ2v) is 2.74. The number of nitrogens with zero attached hydrogens (tertiary/aromatic N) is 2. The van der Waals surface area contributed by atoms with E-state index in [1.807, 2.05) is 44.2 Å². The second kappa shape index (κ2) is 3.56. The molecule has 0 bridgehead atoms. The van der Waals surface area contributed by atoms with E-state index in [1.165, 1.54) is 0 Å². The van der Waals surface area contributed by atoms with Crippen LogP contribution < -0.4 is 0 Å². The largest absolute Gasteiger partial charge is 0.761 e. The van der Waals surface area contributed by atoms with Crippen molar-refractivity contribution in [1.82, 2.24) is 9.80 Å². The molecule has 0 aliphatic rings. The highest BCUT2D eigenvalue weighted by Crippen LogP contribution is 1.93. The maximum absolute atomic E-state index is 4.98. The van der Waals surface area contributed by atoms with Crippen LogP contribution >= 0.6 is 0 Å². The van der Waals surface area contributed by atoms with Crippen LogP contribution in [0.25, 0.3) is 0 Å². The highest BCUT2D eigenvalue weighted by Gasteiger charge is 1.80. The van der Waals surface area contributed by atoms with Crippen LogP contribution in [0.4, 0.5) is 0 Å². The first-order valence-electron chi connectivity index (χ1n) is 2.76.